The predicted molar refractivity (Wildman–Crippen MR) is 64.8 cm³/mol. The third-order valence-electron chi connectivity index (χ3n) is 2.74. The third-order valence-corrected chi connectivity index (χ3v) is 2.74. The van der Waals surface area contributed by atoms with Crippen LogP contribution < -0.4 is 5.32 Å². The highest BCUT2D eigenvalue weighted by molar-refractivity contribution is 5.46. The fourth-order valence-corrected chi connectivity index (χ4v) is 1.72. The van der Waals surface area contributed by atoms with Crippen molar-refractivity contribution in [1.82, 2.24) is 0 Å². The summed E-state index contributed by atoms with van der Waals surface area (Å²) in [6.45, 7) is 1.74. The maximum absolute atomic E-state index is 13.0. The summed E-state index contributed by atoms with van der Waals surface area (Å²) in [6, 6.07) is 7.15. The zero-order valence-corrected chi connectivity index (χ0v) is 10.1. The molecule has 2 aromatic rings. The van der Waals surface area contributed by atoms with Gasteiger partial charge in [0.25, 0.3) is 0 Å². The second-order valence-corrected chi connectivity index (χ2v) is 4.17. The van der Waals surface area contributed by atoms with E-state index in [9.17, 15) is 17.6 Å². The molecule has 5 heteroatoms. The minimum atomic E-state index is -1.50. The molecule has 0 aliphatic rings. The molecule has 19 heavy (non-hydrogen) atoms. The van der Waals surface area contributed by atoms with Gasteiger partial charge in [0.2, 0.25) is 0 Å². The lowest BCUT2D eigenvalue weighted by molar-refractivity contribution is 0.447. The first-order valence-electron chi connectivity index (χ1n) is 5.64. The summed E-state index contributed by atoms with van der Waals surface area (Å²) in [4.78, 5) is 0. The second kappa shape index (κ2) is 5.30. The van der Waals surface area contributed by atoms with Crippen LogP contribution in [0.3, 0.4) is 0 Å². The summed E-state index contributed by atoms with van der Waals surface area (Å²) in [5, 5.41) is 2.82. The van der Waals surface area contributed by atoms with Gasteiger partial charge in [-0.2, -0.15) is 0 Å². The van der Waals surface area contributed by atoms with Gasteiger partial charge in [-0.15, -0.1) is 0 Å². The number of anilines is 1. The molecule has 0 aromatic heterocycles. The molecule has 0 saturated carbocycles. The van der Waals surface area contributed by atoms with Gasteiger partial charge in [-0.05, 0) is 24.6 Å². The number of hydrogen-bond acceptors (Lipinski definition) is 1. The van der Waals surface area contributed by atoms with Crippen LogP contribution in [0.15, 0.2) is 36.4 Å². The molecule has 1 nitrogen and oxygen atoms in total. The number of halogens is 4. The maximum Gasteiger partial charge on any atom is 0.194 e. The molecule has 2 aromatic carbocycles. The van der Waals surface area contributed by atoms with E-state index < -0.39 is 17.5 Å². The van der Waals surface area contributed by atoms with E-state index in [2.05, 4.69) is 5.32 Å². The van der Waals surface area contributed by atoms with Crippen molar-refractivity contribution in [2.45, 2.75) is 13.0 Å². The standard InChI is InChI=1S/C14H11F4N/c1-8(9-2-4-10(15)5-3-9)19-11-6-12(16)14(18)13(17)7-11/h2-8,19H,1H3. The largest absolute Gasteiger partial charge is 0.378 e. The first-order chi connectivity index (χ1) is 8.97. The fourth-order valence-electron chi connectivity index (χ4n) is 1.72. The predicted octanol–water partition coefficient (Wildman–Crippen LogP) is 4.42. The van der Waals surface area contributed by atoms with Crippen LogP contribution in [-0.4, -0.2) is 0 Å². The topological polar surface area (TPSA) is 12.0 Å². The molecule has 0 aliphatic heterocycles. The Labute approximate surface area is 107 Å². The van der Waals surface area contributed by atoms with E-state index in [0.717, 1.165) is 17.7 Å². The van der Waals surface area contributed by atoms with Crippen LogP contribution in [0.5, 0.6) is 0 Å². The maximum atomic E-state index is 13.0. The molecule has 0 radical (unpaired) electrons. The highest BCUT2D eigenvalue weighted by Crippen LogP contribution is 2.22. The van der Waals surface area contributed by atoms with E-state index in [1.165, 1.54) is 12.1 Å². The van der Waals surface area contributed by atoms with Crippen molar-refractivity contribution in [2.75, 3.05) is 5.32 Å². The van der Waals surface area contributed by atoms with Crippen LogP contribution in [0.25, 0.3) is 0 Å². The van der Waals surface area contributed by atoms with Crippen molar-refractivity contribution in [1.29, 1.82) is 0 Å². The van der Waals surface area contributed by atoms with Gasteiger partial charge in [-0.3, -0.25) is 0 Å². The van der Waals surface area contributed by atoms with E-state index in [0.29, 0.717) is 0 Å². The van der Waals surface area contributed by atoms with Crippen LogP contribution in [-0.2, 0) is 0 Å². The summed E-state index contributed by atoms with van der Waals surface area (Å²) < 4.78 is 51.6. The smallest absolute Gasteiger partial charge is 0.194 e. The summed E-state index contributed by atoms with van der Waals surface area (Å²) in [5.41, 5.74) is 0.861. The molecule has 1 unspecified atom stereocenters. The molecule has 0 spiro atoms. The van der Waals surface area contributed by atoms with Gasteiger partial charge in [0.1, 0.15) is 5.82 Å². The lowest BCUT2D eigenvalue weighted by Crippen LogP contribution is -2.07. The van der Waals surface area contributed by atoms with Crippen molar-refractivity contribution in [3.63, 3.8) is 0 Å². The Morgan fingerprint density at radius 3 is 1.95 bits per heavy atom. The molecule has 1 N–H and O–H groups in total. The summed E-state index contributed by atoms with van der Waals surface area (Å²) >= 11 is 0. The van der Waals surface area contributed by atoms with E-state index in [1.54, 1.807) is 19.1 Å². The highest BCUT2D eigenvalue weighted by Gasteiger charge is 2.12. The number of rotatable bonds is 3. The average Bonchev–Trinajstić information content (AvgIpc) is 2.36. The Bertz CT molecular complexity index is 557. The number of hydrogen-bond donors (Lipinski definition) is 1. The lowest BCUT2D eigenvalue weighted by Gasteiger charge is -2.16. The minimum Gasteiger partial charge on any atom is -0.378 e. The second-order valence-electron chi connectivity index (χ2n) is 4.17. The fraction of sp³-hybridized carbons (Fsp3) is 0.143. The zero-order chi connectivity index (χ0) is 14.0. The number of benzene rings is 2. The molecular formula is C14H11F4N. The molecule has 0 heterocycles. The van der Waals surface area contributed by atoms with Crippen LogP contribution in [0.2, 0.25) is 0 Å². The van der Waals surface area contributed by atoms with E-state index >= 15 is 0 Å². The molecule has 1 atom stereocenters. The van der Waals surface area contributed by atoms with Gasteiger partial charge in [0.05, 0.1) is 0 Å². The van der Waals surface area contributed by atoms with Gasteiger partial charge in [0, 0.05) is 23.9 Å². The Morgan fingerprint density at radius 2 is 1.42 bits per heavy atom. The summed E-state index contributed by atoms with van der Waals surface area (Å²) in [7, 11) is 0. The van der Waals surface area contributed by atoms with Crippen LogP contribution in [0.1, 0.15) is 18.5 Å². The molecule has 100 valence electrons. The normalized spacial score (nSPS) is 12.3. The van der Waals surface area contributed by atoms with Crippen LogP contribution in [0.4, 0.5) is 23.2 Å². The van der Waals surface area contributed by atoms with Crippen LogP contribution >= 0.6 is 0 Å². The lowest BCUT2D eigenvalue weighted by atomic mass is 10.1. The third kappa shape index (κ3) is 3.05. The quantitative estimate of drug-likeness (QED) is 0.642. The highest BCUT2D eigenvalue weighted by atomic mass is 19.2. The van der Waals surface area contributed by atoms with Crippen molar-refractivity contribution < 1.29 is 17.6 Å². The van der Waals surface area contributed by atoms with Crippen molar-refractivity contribution >= 4 is 5.69 Å². The SMILES string of the molecule is CC(Nc1cc(F)c(F)c(F)c1)c1ccc(F)cc1. The van der Waals surface area contributed by atoms with E-state index in [1.807, 2.05) is 0 Å². The number of nitrogens with one attached hydrogen (secondary N) is 1. The first-order valence-corrected chi connectivity index (χ1v) is 5.64. The van der Waals surface area contributed by atoms with Gasteiger partial charge < -0.3 is 5.32 Å². The van der Waals surface area contributed by atoms with E-state index in [-0.39, 0.29) is 17.5 Å². The van der Waals surface area contributed by atoms with Crippen molar-refractivity contribution in [2.24, 2.45) is 0 Å². The molecule has 0 fully saturated rings. The Morgan fingerprint density at radius 1 is 0.895 bits per heavy atom. The van der Waals surface area contributed by atoms with Gasteiger partial charge in [-0.1, -0.05) is 12.1 Å². The van der Waals surface area contributed by atoms with Gasteiger partial charge >= 0.3 is 0 Å². The molecule has 0 amide bonds. The van der Waals surface area contributed by atoms with Crippen molar-refractivity contribution in [3.8, 4) is 0 Å². The molecule has 2 rings (SSSR count). The molecule has 0 bridgehead atoms. The van der Waals surface area contributed by atoms with Gasteiger partial charge in [-0.25, -0.2) is 17.6 Å². The van der Waals surface area contributed by atoms with Crippen LogP contribution in [0, 0.1) is 23.3 Å². The Balaban J connectivity index is 2.19. The average molecular weight is 269 g/mol. The summed E-state index contributed by atoms with van der Waals surface area (Å²) in [5.74, 6) is -4.38. The first kappa shape index (κ1) is 13.4. The molecule has 0 aliphatic carbocycles. The van der Waals surface area contributed by atoms with Crippen molar-refractivity contribution in [3.05, 3.63) is 65.2 Å². The Hall–Kier alpha value is -2.04. The summed E-state index contributed by atoms with van der Waals surface area (Å²) in [6.07, 6.45) is 0. The monoisotopic (exact) mass is 269 g/mol. The Kier molecular flexibility index (Phi) is 3.74. The molecule has 0 saturated heterocycles. The molecular weight excluding hydrogens is 258 g/mol. The van der Waals surface area contributed by atoms with Gasteiger partial charge in [0.15, 0.2) is 17.5 Å². The van der Waals surface area contributed by atoms with E-state index in [4.69, 9.17) is 0 Å². The zero-order valence-electron chi connectivity index (χ0n) is 10.1. The minimum absolute atomic E-state index is 0.119.